The van der Waals surface area contributed by atoms with Gasteiger partial charge in [-0.1, -0.05) is 41.4 Å². The molecular weight excluding hydrogens is 451 g/mol. The number of rotatable bonds is 9. The molecule has 3 rings (SSSR count). The van der Waals surface area contributed by atoms with Gasteiger partial charge in [0.1, 0.15) is 12.4 Å². The quantitative estimate of drug-likeness (QED) is 0.329. The first kappa shape index (κ1) is 23.4. The molecule has 0 radical (unpaired) electrons. The molecule has 6 nitrogen and oxygen atoms in total. The second-order valence-corrected chi connectivity index (χ2v) is 7.65. The molecule has 3 aromatic rings. The van der Waals surface area contributed by atoms with Crippen LogP contribution in [0, 0.1) is 0 Å². The smallest absolute Gasteiger partial charge is 0.280 e. The third-order valence-electron chi connectivity index (χ3n) is 4.36. The van der Waals surface area contributed by atoms with Crippen LogP contribution in [0.15, 0.2) is 71.8 Å². The number of nitrogens with zero attached hydrogens (tertiary/aromatic N) is 1. The van der Waals surface area contributed by atoms with E-state index < -0.39 is 12.0 Å². The van der Waals surface area contributed by atoms with E-state index in [1.807, 2.05) is 24.3 Å². The van der Waals surface area contributed by atoms with Crippen molar-refractivity contribution in [2.45, 2.75) is 19.6 Å². The van der Waals surface area contributed by atoms with Crippen molar-refractivity contribution in [2.24, 2.45) is 5.10 Å². The average Bonchev–Trinajstić information content (AvgIpc) is 2.79. The van der Waals surface area contributed by atoms with Crippen LogP contribution in [0.25, 0.3) is 0 Å². The third kappa shape index (κ3) is 6.90. The second-order valence-electron chi connectivity index (χ2n) is 6.78. The fourth-order valence-corrected chi connectivity index (χ4v) is 2.99. The highest BCUT2D eigenvalue weighted by molar-refractivity contribution is 6.30. The number of carbonyl (C=O) groups excluding carboxylic acids is 1. The Morgan fingerprint density at radius 1 is 1.03 bits per heavy atom. The lowest BCUT2D eigenvalue weighted by atomic mass is 10.2. The van der Waals surface area contributed by atoms with Crippen LogP contribution < -0.4 is 19.6 Å². The molecule has 0 aromatic heterocycles. The molecule has 1 amide bonds. The van der Waals surface area contributed by atoms with E-state index in [0.717, 1.165) is 11.1 Å². The van der Waals surface area contributed by atoms with Crippen molar-refractivity contribution in [3.05, 3.63) is 87.9 Å². The first-order valence-corrected chi connectivity index (χ1v) is 10.5. The highest BCUT2D eigenvalue weighted by atomic mass is 35.5. The fourth-order valence-electron chi connectivity index (χ4n) is 2.68. The maximum Gasteiger partial charge on any atom is 0.280 e. The van der Waals surface area contributed by atoms with Gasteiger partial charge in [0.05, 0.1) is 13.3 Å². The third-order valence-corrected chi connectivity index (χ3v) is 4.85. The summed E-state index contributed by atoms with van der Waals surface area (Å²) >= 11 is 11.8. The minimum atomic E-state index is -0.746. The molecule has 0 saturated heterocycles. The molecular formula is C24H22Cl2N2O4. The molecule has 0 aliphatic heterocycles. The van der Waals surface area contributed by atoms with Gasteiger partial charge in [-0.05, 0) is 66.6 Å². The predicted molar refractivity (Wildman–Crippen MR) is 126 cm³/mol. The van der Waals surface area contributed by atoms with E-state index >= 15 is 0 Å². The van der Waals surface area contributed by atoms with Crippen molar-refractivity contribution in [1.29, 1.82) is 0 Å². The molecule has 0 spiro atoms. The van der Waals surface area contributed by atoms with Gasteiger partial charge in [-0.2, -0.15) is 5.10 Å². The number of methoxy groups -OCH3 is 1. The van der Waals surface area contributed by atoms with Gasteiger partial charge >= 0.3 is 0 Å². The molecule has 0 aliphatic carbocycles. The Hall–Kier alpha value is -3.22. The summed E-state index contributed by atoms with van der Waals surface area (Å²) in [7, 11) is 1.56. The van der Waals surface area contributed by atoms with Crippen molar-refractivity contribution >= 4 is 35.3 Å². The van der Waals surface area contributed by atoms with E-state index in [0.29, 0.717) is 33.9 Å². The molecule has 0 unspecified atom stereocenters. The van der Waals surface area contributed by atoms with E-state index in [4.69, 9.17) is 37.4 Å². The highest BCUT2D eigenvalue weighted by Gasteiger charge is 2.14. The van der Waals surface area contributed by atoms with E-state index in [9.17, 15) is 4.79 Å². The SMILES string of the molecule is COc1cc(/C=N\NC(=O)[C@H](C)Oc2cccc(Cl)c2)ccc1OCc1ccc(Cl)cc1. The Morgan fingerprint density at radius 3 is 2.53 bits per heavy atom. The maximum atomic E-state index is 12.2. The molecule has 3 aromatic carbocycles. The van der Waals surface area contributed by atoms with E-state index in [1.54, 1.807) is 56.5 Å². The summed E-state index contributed by atoms with van der Waals surface area (Å²) in [6, 6.07) is 19.6. The van der Waals surface area contributed by atoms with Gasteiger partial charge in [0.15, 0.2) is 17.6 Å². The van der Waals surface area contributed by atoms with Crippen LogP contribution in [0.5, 0.6) is 17.2 Å². The van der Waals surface area contributed by atoms with Crippen LogP contribution in [0.1, 0.15) is 18.1 Å². The zero-order valence-corrected chi connectivity index (χ0v) is 19.1. The predicted octanol–water partition coefficient (Wildman–Crippen LogP) is 5.50. The van der Waals surface area contributed by atoms with Crippen molar-refractivity contribution < 1.29 is 19.0 Å². The van der Waals surface area contributed by atoms with Gasteiger partial charge in [0.25, 0.3) is 5.91 Å². The first-order chi connectivity index (χ1) is 15.4. The van der Waals surface area contributed by atoms with Gasteiger partial charge in [-0.15, -0.1) is 0 Å². The number of benzene rings is 3. The fraction of sp³-hybridized carbons (Fsp3) is 0.167. The highest BCUT2D eigenvalue weighted by Crippen LogP contribution is 2.28. The van der Waals surface area contributed by atoms with Crippen molar-refractivity contribution in [3.8, 4) is 17.2 Å². The van der Waals surface area contributed by atoms with E-state index in [-0.39, 0.29) is 0 Å². The van der Waals surface area contributed by atoms with Crippen molar-refractivity contribution in [1.82, 2.24) is 5.43 Å². The number of ether oxygens (including phenoxy) is 3. The van der Waals surface area contributed by atoms with Crippen LogP contribution in [0.4, 0.5) is 0 Å². The average molecular weight is 473 g/mol. The van der Waals surface area contributed by atoms with Gasteiger partial charge in [0.2, 0.25) is 0 Å². The number of hydrazone groups is 1. The molecule has 0 aliphatic rings. The van der Waals surface area contributed by atoms with Crippen LogP contribution >= 0.6 is 23.2 Å². The number of hydrogen-bond acceptors (Lipinski definition) is 5. The number of carbonyl (C=O) groups is 1. The maximum absolute atomic E-state index is 12.2. The molecule has 166 valence electrons. The Kier molecular flexibility index (Phi) is 8.36. The number of nitrogens with one attached hydrogen (secondary N) is 1. The first-order valence-electron chi connectivity index (χ1n) is 9.75. The molecule has 1 N–H and O–H groups in total. The van der Waals surface area contributed by atoms with Gasteiger partial charge < -0.3 is 14.2 Å². The minimum absolute atomic E-state index is 0.377. The normalized spacial score (nSPS) is 11.8. The number of hydrogen-bond donors (Lipinski definition) is 1. The summed E-state index contributed by atoms with van der Waals surface area (Å²) in [6.45, 7) is 2.00. The number of amides is 1. The number of halogens is 2. The lowest BCUT2D eigenvalue weighted by molar-refractivity contribution is -0.127. The topological polar surface area (TPSA) is 69.2 Å². The zero-order chi connectivity index (χ0) is 22.9. The second kappa shape index (κ2) is 11.4. The Labute approximate surface area is 196 Å². The van der Waals surface area contributed by atoms with Crippen molar-refractivity contribution in [2.75, 3.05) is 7.11 Å². The summed E-state index contributed by atoms with van der Waals surface area (Å²) in [6.07, 6.45) is 0.763. The lowest BCUT2D eigenvalue weighted by Gasteiger charge is -2.13. The lowest BCUT2D eigenvalue weighted by Crippen LogP contribution is -2.33. The summed E-state index contributed by atoms with van der Waals surface area (Å²) in [5.41, 5.74) is 4.17. The molecule has 8 heteroatoms. The van der Waals surface area contributed by atoms with Gasteiger partial charge in [-0.3, -0.25) is 4.79 Å². The van der Waals surface area contributed by atoms with E-state index in [2.05, 4.69) is 10.5 Å². The summed E-state index contributed by atoms with van der Waals surface area (Å²) in [5.74, 6) is 1.25. The Morgan fingerprint density at radius 2 is 1.81 bits per heavy atom. The minimum Gasteiger partial charge on any atom is -0.493 e. The molecule has 0 heterocycles. The molecule has 32 heavy (non-hydrogen) atoms. The summed E-state index contributed by atoms with van der Waals surface area (Å²) in [4.78, 5) is 12.2. The molecule has 1 atom stereocenters. The zero-order valence-electron chi connectivity index (χ0n) is 17.5. The standard InChI is InChI=1S/C24H22Cl2N2O4/c1-16(32-21-5-3-4-20(26)13-21)24(29)28-27-14-18-8-11-22(23(12-18)30-2)31-15-17-6-9-19(25)10-7-17/h3-14,16H,15H2,1-2H3,(H,28,29)/b27-14-/t16-/m0/s1. The Balaban J connectivity index is 1.55. The van der Waals surface area contributed by atoms with Crippen LogP contribution in [-0.2, 0) is 11.4 Å². The monoisotopic (exact) mass is 472 g/mol. The van der Waals surface area contributed by atoms with Crippen LogP contribution in [-0.4, -0.2) is 25.3 Å². The van der Waals surface area contributed by atoms with Gasteiger partial charge in [-0.25, -0.2) is 5.43 Å². The largest absolute Gasteiger partial charge is 0.493 e. The Bertz CT molecular complexity index is 1090. The van der Waals surface area contributed by atoms with Crippen LogP contribution in [0.3, 0.4) is 0 Å². The van der Waals surface area contributed by atoms with Crippen LogP contribution in [0.2, 0.25) is 10.0 Å². The summed E-state index contributed by atoms with van der Waals surface area (Å²) < 4.78 is 16.8. The molecule has 0 fully saturated rings. The molecule has 0 bridgehead atoms. The van der Waals surface area contributed by atoms with E-state index in [1.165, 1.54) is 6.21 Å². The van der Waals surface area contributed by atoms with Crippen molar-refractivity contribution in [3.63, 3.8) is 0 Å². The summed E-state index contributed by atoms with van der Waals surface area (Å²) in [5, 5.41) is 5.19. The van der Waals surface area contributed by atoms with Gasteiger partial charge in [0, 0.05) is 10.0 Å². The molecule has 0 saturated carbocycles.